The maximum absolute atomic E-state index is 12.8. The van der Waals surface area contributed by atoms with Crippen LogP contribution >= 0.6 is 0 Å². The number of nitrogens with two attached hydrogens (primary N) is 1. The Balaban J connectivity index is 1.79. The Labute approximate surface area is 135 Å². The maximum atomic E-state index is 12.8. The van der Waals surface area contributed by atoms with Crippen LogP contribution in [0.4, 0.5) is 14.9 Å². The molecule has 6 nitrogen and oxygen atoms in total. The average Bonchev–Trinajstić information content (AvgIpc) is 2.97. The number of nitrogens with zero attached hydrogens (tertiary/aromatic N) is 1. The molecule has 0 bridgehead atoms. The van der Waals surface area contributed by atoms with Gasteiger partial charge in [-0.05, 0) is 37.1 Å². The van der Waals surface area contributed by atoms with Gasteiger partial charge in [0.1, 0.15) is 5.82 Å². The Morgan fingerprint density at radius 3 is 2.74 bits per heavy atom. The maximum Gasteiger partial charge on any atom is 0.319 e. The fourth-order valence-electron chi connectivity index (χ4n) is 2.63. The van der Waals surface area contributed by atoms with E-state index in [2.05, 4.69) is 10.6 Å². The van der Waals surface area contributed by atoms with Gasteiger partial charge in [0.25, 0.3) is 0 Å². The van der Waals surface area contributed by atoms with Crippen molar-refractivity contribution < 1.29 is 14.0 Å². The van der Waals surface area contributed by atoms with Crippen molar-refractivity contribution in [3.05, 3.63) is 30.1 Å². The lowest BCUT2D eigenvalue weighted by atomic mass is 10.1. The Hall–Kier alpha value is -2.15. The zero-order chi connectivity index (χ0) is 16.8. The molecule has 126 valence electrons. The molecule has 2 atom stereocenters. The van der Waals surface area contributed by atoms with Crippen molar-refractivity contribution in [3.8, 4) is 0 Å². The molecule has 1 aliphatic rings. The molecule has 0 radical (unpaired) electrons. The molecule has 0 aromatic heterocycles. The normalized spacial score (nSPS) is 18.6. The molecule has 1 aliphatic heterocycles. The summed E-state index contributed by atoms with van der Waals surface area (Å²) < 4.78 is 12.8. The lowest BCUT2D eigenvalue weighted by molar-refractivity contribution is -0.131. The van der Waals surface area contributed by atoms with E-state index in [0.717, 1.165) is 6.42 Å². The minimum absolute atomic E-state index is 0.0601. The molecule has 4 N–H and O–H groups in total. The molecule has 0 saturated carbocycles. The highest BCUT2D eigenvalue weighted by atomic mass is 19.1. The van der Waals surface area contributed by atoms with Crippen LogP contribution in [0, 0.1) is 5.82 Å². The van der Waals surface area contributed by atoms with Crippen molar-refractivity contribution in [3.63, 3.8) is 0 Å². The largest absolute Gasteiger partial charge is 0.339 e. The highest BCUT2D eigenvalue weighted by Crippen LogP contribution is 2.13. The van der Waals surface area contributed by atoms with Gasteiger partial charge in [-0.3, -0.25) is 4.79 Å². The number of halogens is 1. The van der Waals surface area contributed by atoms with Crippen LogP contribution in [-0.2, 0) is 4.79 Å². The quantitative estimate of drug-likeness (QED) is 0.770. The van der Waals surface area contributed by atoms with Gasteiger partial charge in [-0.25, -0.2) is 9.18 Å². The molecule has 1 aromatic carbocycles. The van der Waals surface area contributed by atoms with E-state index in [1.54, 1.807) is 4.90 Å². The third kappa shape index (κ3) is 4.92. The number of benzene rings is 1. The van der Waals surface area contributed by atoms with E-state index >= 15 is 0 Å². The van der Waals surface area contributed by atoms with Crippen LogP contribution < -0.4 is 16.4 Å². The van der Waals surface area contributed by atoms with Crippen LogP contribution in [0.25, 0.3) is 0 Å². The highest BCUT2D eigenvalue weighted by molar-refractivity contribution is 5.89. The molecule has 0 aliphatic carbocycles. The number of anilines is 1. The SMILES string of the molecule is CCCC(N)C(=O)N1CCC(NC(=O)Nc2ccc(F)cc2)C1. The molecule has 3 amide bonds. The molecular formula is C16H23FN4O2. The standard InChI is InChI=1S/C16H23FN4O2/c1-2-3-14(18)15(22)21-9-8-13(10-21)20-16(23)19-12-6-4-11(17)5-7-12/h4-7,13-14H,2-3,8-10,18H2,1H3,(H2,19,20,23). The van der Waals surface area contributed by atoms with E-state index in [-0.39, 0.29) is 23.8 Å². The second-order valence-corrected chi connectivity index (χ2v) is 5.77. The van der Waals surface area contributed by atoms with Gasteiger partial charge in [0.2, 0.25) is 5.91 Å². The fraction of sp³-hybridized carbons (Fsp3) is 0.500. The van der Waals surface area contributed by atoms with Gasteiger partial charge in [0.15, 0.2) is 0 Å². The monoisotopic (exact) mass is 322 g/mol. The van der Waals surface area contributed by atoms with E-state index in [1.807, 2.05) is 6.92 Å². The number of urea groups is 1. The van der Waals surface area contributed by atoms with Crippen molar-refractivity contribution in [1.29, 1.82) is 0 Å². The van der Waals surface area contributed by atoms with Crippen LogP contribution in [0.2, 0.25) is 0 Å². The lowest BCUT2D eigenvalue weighted by Crippen LogP contribution is -2.45. The summed E-state index contributed by atoms with van der Waals surface area (Å²) in [5.41, 5.74) is 6.36. The van der Waals surface area contributed by atoms with Gasteiger partial charge in [-0.15, -0.1) is 0 Å². The van der Waals surface area contributed by atoms with Crippen LogP contribution in [0.1, 0.15) is 26.2 Å². The first-order valence-corrected chi connectivity index (χ1v) is 7.87. The van der Waals surface area contributed by atoms with Gasteiger partial charge in [0.05, 0.1) is 6.04 Å². The molecule has 0 spiro atoms. The molecule has 1 saturated heterocycles. The third-order valence-corrected chi connectivity index (χ3v) is 3.85. The van der Waals surface area contributed by atoms with Crippen LogP contribution in [0.15, 0.2) is 24.3 Å². The summed E-state index contributed by atoms with van der Waals surface area (Å²) in [7, 11) is 0. The molecule has 2 rings (SSSR count). The predicted octanol–water partition coefficient (Wildman–Crippen LogP) is 1.68. The van der Waals surface area contributed by atoms with Crippen LogP contribution in [0.5, 0.6) is 0 Å². The Morgan fingerprint density at radius 2 is 2.09 bits per heavy atom. The molecule has 1 aromatic rings. The zero-order valence-electron chi connectivity index (χ0n) is 13.2. The van der Waals surface area contributed by atoms with Crippen molar-refractivity contribution in [1.82, 2.24) is 10.2 Å². The number of hydrogen-bond acceptors (Lipinski definition) is 3. The summed E-state index contributed by atoms with van der Waals surface area (Å²) in [6.45, 7) is 3.05. The minimum Gasteiger partial charge on any atom is -0.339 e. The van der Waals surface area contributed by atoms with Crippen molar-refractivity contribution in [2.45, 2.75) is 38.3 Å². The van der Waals surface area contributed by atoms with Gasteiger partial charge < -0.3 is 21.3 Å². The van der Waals surface area contributed by atoms with Crippen LogP contribution in [0.3, 0.4) is 0 Å². The van der Waals surface area contributed by atoms with Gasteiger partial charge in [-0.1, -0.05) is 13.3 Å². The molecule has 2 unspecified atom stereocenters. The zero-order valence-corrected chi connectivity index (χ0v) is 13.2. The van der Waals surface area contributed by atoms with E-state index in [4.69, 9.17) is 5.73 Å². The molecular weight excluding hydrogens is 299 g/mol. The van der Waals surface area contributed by atoms with E-state index in [9.17, 15) is 14.0 Å². The number of carbonyl (C=O) groups is 2. The van der Waals surface area contributed by atoms with Gasteiger partial charge in [0, 0.05) is 24.8 Å². The first kappa shape index (κ1) is 17.2. The Morgan fingerprint density at radius 1 is 1.39 bits per heavy atom. The summed E-state index contributed by atoms with van der Waals surface area (Å²) >= 11 is 0. The summed E-state index contributed by atoms with van der Waals surface area (Å²) in [5.74, 6) is -0.417. The second-order valence-electron chi connectivity index (χ2n) is 5.77. The van der Waals surface area contributed by atoms with E-state index in [0.29, 0.717) is 31.6 Å². The highest BCUT2D eigenvalue weighted by Gasteiger charge is 2.29. The van der Waals surface area contributed by atoms with E-state index in [1.165, 1.54) is 24.3 Å². The first-order valence-electron chi connectivity index (χ1n) is 7.87. The summed E-state index contributed by atoms with van der Waals surface area (Å²) in [6, 6.07) is 4.60. The minimum atomic E-state index is -0.466. The number of amides is 3. The molecule has 7 heteroatoms. The number of hydrogen-bond donors (Lipinski definition) is 3. The topological polar surface area (TPSA) is 87.5 Å². The summed E-state index contributed by atoms with van der Waals surface area (Å²) in [6.07, 6.45) is 2.22. The number of rotatable bonds is 5. The lowest BCUT2D eigenvalue weighted by Gasteiger charge is -2.21. The van der Waals surface area contributed by atoms with Gasteiger partial charge in [-0.2, -0.15) is 0 Å². The predicted molar refractivity (Wildman–Crippen MR) is 86.4 cm³/mol. The smallest absolute Gasteiger partial charge is 0.319 e. The van der Waals surface area contributed by atoms with Crippen molar-refractivity contribution >= 4 is 17.6 Å². The number of likely N-dealkylation sites (tertiary alicyclic amines) is 1. The Kier molecular flexibility index (Phi) is 5.92. The summed E-state index contributed by atoms with van der Waals surface area (Å²) in [4.78, 5) is 25.7. The molecule has 1 fully saturated rings. The fourth-order valence-corrected chi connectivity index (χ4v) is 2.63. The first-order chi connectivity index (χ1) is 11.0. The molecule has 1 heterocycles. The van der Waals surface area contributed by atoms with Crippen molar-refractivity contribution in [2.24, 2.45) is 5.73 Å². The summed E-state index contributed by atoms with van der Waals surface area (Å²) in [5, 5.41) is 5.46. The van der Waals surface area contributed by atoms with Crippen LogP contribution in [-0.4, -0.2) is 42.0 Å². The average molecular weight is 322 g/mol. The molecule has 23 heavy (non-hydrogen) atoms. The van der Waals surface area contributed by atoms with E-state index < -0.39 is 6.04 Å². The third-order valence-electron chi connectivity index (χ3n) is 3.85. The van der Waals surface area contributed by atoms with Crippen molar-refractivity contribution in [2.75, 3.05) is 18.4 Å². The number of carbonyl (C=O) groups excluding carboxylic acids is 2. The van der Waals surface area contributed by atoms with Gasteiger partial charge >= 0.3 is 6.03 Å². The Bertz CT molecular complexity index is 550. The number of nitrogens with one attached hydrogen (secondary N) is 2. The second kappa shape index (κ2) is 7.92.